The van der Waals surface area contributed by atoms with E-state index in [0.717, 1.165) is 25.3 Å². The van der Waals surface area contributed by atoms with E-state index in [-0.39, 0.29) is 28.9 Å². The average Bonchev–Trinajstić information content (AvgIpc) is 2.95. The second kappa shape index (κ2) is 13.5. The molecule has 0 saturated heterocycles. The van der Waals surface area contributed by atoms with Crippen molar-refractivity contribution < 1.29 is 32.2 Å². The second-order valence-electron chi connectivity index (χ2n) is 9.93. The predicted octanol–water partition coefficient (Wildman–Crippen LogP) is 8.62. The minimum absolute atomic E-state index is 0.110. The zero-order valence-corrected chi connectivity index (χ0v) is 22.5. The molecule has 3 aromatic carbocycles. The third kappa shape index (κ3) is 7.14. The minimum atomic E-state index is -0.868. The SMILES string of the molecule is CCCCOc1ccc(C(=O)OC2CCC(c3ccc(-c4ccc(OCCC)cc4)c(F)c3F)CC2)cc1F. The largest absolute Gasteiger partial charge is 0.494 e. The van der Waals surface area contributed by atoms with Gasteiger partial charge in [-0.3, -0.25) is 0 Å². The smallest absolute Gasteiger partial charge is 0.338 e. The van der Waals surface area contributed by atoms with Gasteiger partial charge < -0.3 is 14.2 Å². The van der Waals surface area contributed by atoms with Crippen LogP contribution in [-0.4, -0.2) is 25.3 Å². The zero-order valence-electron chi connectivity index (χ0n) is 22.5. The summed E-state index contributed by atoms with van der Waals surface area (Å²) in [5.41, 5.74) is 1.24. The van der Waals surface area contributed by atoms with Gasteiger partial charge in [-0.1, -0.05) is 44.5 Å². The molecule has 0 aliphatic heterocycles. The highest BCUT2D eigenvalue weighted by molar-refractivity contribution is 5.89. The number of halogens is 3. The third-order valence-corrected chi connectivity index (χ3v) is 7.06. The fraction of sp³-hybridized carbons (Fsp3) is 0.406. The summed E-state index contributed by atoms with van der Waals surface area (Å²) in [7, 11) is 0. The molecule has 0 N–H and O–H groups in total. The van der Waals surface area contributed by atoms with E-state index in [4.69, 9.17) is 14.2 Å². The lowest BCUT2D eigenvalue weighted by atomic mass is 9.82. The van der Waals surface area contributed by atoms with Gasteiger partial charge in [0.05, 0.1) is 18.8 Å². The van der Waals surface area contributed by atoms with Crippen LogP contribution in [-0.2, 0) is 4.74 Å². The molecule has 3 aromatic rings. The summed E-state index contributed by atoms with van der Waals surface area (Å²) in [5, 5.41) is 0. The molecule has 39 heavy (non-hydrogen) atoms. The van der Waals surface area contributed by atoms with Crippen molar-refractivity contribution in [3.8, 4) is 22.6 Å². The molecular formula is C32H35F3O4. The Bertz CT molecular complexity index is 1250. The average molecular weight is 541 g/mol. The molecule has 1 fully saturated rings. The van der Waals surface area contributed by atoms with E-state index in [2.05, 4.69) is 0 Å². The summed E-state index contributed by atoms with van der Waals surface area (Å²) >= 11 is 0. The van der Waals surface area contributed by atoms with Gasteiger partial charge in [0, 0.05) is 5.56 Å². The molecule has 1 saturated carbocycles. The van der Waals surface area contributed by atoms with Crippen LogP contribution in [0.25, 0.3) is 11.1 Å². The summed E-state index contributed by atoms with van der Waals surface area (Å²) in [6.07, 6.45) is 4.40. The highest BCUT2D eigenvalue weighted by Crippen LogP contribution is 2.38. The molecule has 0 unspecified atom stereocenters. The summed E-state index contributed by atoms with van der Waals surface area (Å²) in [6, 6.07) is 14.3. The minimum Gasteiger partial charge on any atom is -0.494 e. The molecule has 1 aliphatic carbocycles. The van der Waals surface area contributed by atoms with Crippen molar-refractivity contribution in [3.63, 3.8) is 0 Å². The van der Waals surface area contributed by atoms with Crippen LogP contribution in [0.5, 0.6) is 11.5 Å². The molecule has 4 rings (SSSR count). The number of hydrogen-bond donors (Lipinski definition) is 0. The van der Waals surface area contributed by atoms with E-state index in [1.54, 1.807) is 36.4 Å². The fourth-order valence-corrected chi connectivity index (χ4v) is 4.84. The molecule has 0 atom stereocenters. The Hall–Kier alpha value is -3.48. The first-order valence-electron chi connectivity index (χ1n) is 13.8. The van der Waals surface area contributed by atoms with Crippen LogP contribution in [0, 0.1) is 17.5 Å². The van der Waals surface area contributed by atoms with Crippen molar-refractivity contribution >= 4 is 5.97 Å². The van der Waals surface area contributed by atoms with E-state index in [0.29, 0.717) is 55.8 Å². The van der Waals surface area contributed by atoms with Crippen LogP contribution in [0.3, 0.4) is 0 Å². The monoisotopic (exact) mass is 540 g/mol. The molecule has 0 aromatic heterocycles. The number of ether oxygens (including phenoxy) is 3. The van der Waals surface area contributed by atoms with E-state index in [1.165, 1.54) is 12.1 Å². The van der Waals surface area contributed by atoms with Crippen LogP contribution < -0.4 is 9.47 Å². The number of carbonyl (C=O) groups is 1. The van der Waals surface area contributed by atoms with Crippen LogP contribution in [0.1, 0.15) is 80.6 Å². The van der Waals surface area contributed by atoms with Gasteiger partial charge in [-0.15, -0.1) is 0 Å². The van der Waals surface area contributed by atoms with Crippen molar-refractivity contribution in [2.75, 3.05) is 13.2 Å². The molecule has 0 spiro atoms. The molecule has 0 bridgehead atoms. The van der Waals surface area contributed by atoms with E-state index >= 15 is 8.78 Å². The molecule has 0 radical (unpaired) electrons. The second-order valence-corrected chi connectivity index (χ2v) is 9.93. The normalized spacial score (nSPS) is 17.1. The van der Waals surface area contributed by atoms with Crippen LogP contribution in [0.2, 0.25) is 0 Å². The zero-order chi connectivity index (χ0) is 27.8. The molecule has 0 heterocycles. The maximum absolute atomic E-state index is 15.1. The van der Waals surface area contributed by atoms with Gasteiger partial charge >= 0.3 is 5.97 Å². The highest BCUT2D eigenvalue weighted by Gasteiger charge is 2.29. The molecule has 0 amide bonds. The van der Waals surface area contributed by atoms with Gasteiger partial charge in [-0.2, -0.15) is 0 Å². The Morgan fingerprint density at radius 3 is 2.23 bits per heavy atom. The molecule has 208 valence electrons. The highest BCUT2D eigenvalue weighted by atomic mass is 19.2. The number of esters is 1. The topological polar surface area (TPSA) is 44.8 Å². The van der Waals surface area contributed by atoms with E-state index < -0.39 is 23.4 Å². The summed E-state index contributed by atoms with van der Waals surface area (Å²) in [4.78, 5) is 12.6. The lowest BCUT2D eigenvalue weighted by Gasteiger charge is -2.29. The fourth-order valence-electron chi connectivity index (χ4n) is 4.84. The van der Waals surface area contributed by atoms with Crippen molar-refractivity contribution in [3.05, 3.63) is 83.2 Å². The Kier molecular flexibility index (Phi) is 9.90. The first-order chi connectivity index (χ1) is 18.9. The van der Waals surface area contributed by atoms with Crippen molar-refractivity contribution in [2.45, 2.75) is 70.8 Å². The maximum atomic E-state index is 15.1. The van der Waals surface area contributed by atoms with Crippen molar-refractivity contribution in [1.29, 1.82) is 0 Å². The Labute approximate surface area is 228 Å². The molecule has 1 aliphatic rings. The number of carbonyl (C=O) groups excluding carboxylic acids is 1. The third-order valence-electron chi connectivity index (χ3n) is 7.06. The lowest BCUT2D eigenvalue weighted by molar-refractivity contribution is 0.0193. The number of unbranched alkanes of at least 4 members (excludes halogenated alkanes) is 1. The molecular weight excluding hydrogens is 505 g/mol. The van der Waals surface area contributed by atoms with Crippen LogP contribution >= 0.6 is 0 Å². The van der Waals surface area contributed by atoms with Gasteiger partial charge in [0.2, 0.25) is 0 Å². The van der Waals surface area contributed by atoms with E-state index in [1.807, 2.05) is 13.8 Å². The first-order valence-corrected chi connectivity index (χ1v) is 13.8. The molecule has 4 nitrogen and oxygen atoms in total. The van der Waals surface area contributed by atoms with E-state index in [9.17, 15) is 9.18 Å². The number of rotatable bonds is 11. The first kappa shape index (κ1) is 28.5. The number of benzene rings is 3. The van der Waals surface area contributed by atoms with Gasteiger partial charge in [0.1, 0.15) is 11.9 Å². The van der Waals surface area contributed by atoms with Gasteiger partial charge in [-0.05, 0) is 85.9 Å². The molecule has 7 heteroatoms. The Balaban J connectivity index is 1.34. The quantitative estimate of drug-likeness (QED) is 0.180. The summed E-state index contributed by atoms with van der Waals surface area (Å²) < 4.78 is 61.1. The van der Waals surface area contributed by atoms with Crippen molar-refractivity contribution in [1.82, 2.24) is 0 Å². The Morgan fingerprint density at radius 1 is 0.821 bits per heavy atom. The summed E-state index contributed by atoms with van der Waals surface area (Å²) in [5.74, 6) is -2.29. The maximum Gasteiger partial charge on any atom is 0.338 e. The van der Waals surface area contributed by atoms with Gasteiger partial charge in [0.15, 0.2) is 23.2 Å². The Morgan fingerprint density at radius 2 is 1.56 bits per heavy atom. The lowest BCUT2D eigenvalue weighted by Crippen LogP contribution is -2.24. The standard InChI is InChI=1S/C32H35F3O4/c1-3-5-19-38-29-17-10-23(20-28(29)33)32(36)39-25-13-8-22(9-14-25)27-16-15-26(30(34)31(27)35)21-6-11-24(12-7-21)37-18-4-2/h6-7,10-12,15-17,20,22,25H,3-5,8-9,13-14,18-19H2,1-2H3. The predicted molar refractivity (Wildman–Crippen MR) is 145 cm³/mol. The van der Waals surface area contributed by atoms with Crippen molar-refractivity contribution in [2.24, 2.45) is 0 Å². The van der Waals surface area contributed by atoms with Crippen LogP contribution in [0.4, 0.5) is 13.2 Å². The van der Waals surface area contributed by atoms with Crippen LogP contribution in [0.15, 0.2) is 54.6 Å². The summed E-state index contributed by atoms with van der Waals surface area (Å²) in [6.45, 7) is 5.04. The van der Waals surface area contributed by atoms with Gasteiger partial charge in [-0.25, -0.2) is 18.0 Å². The number of hydrogen-bond acceptors (Lipinski definition) is 4. The van der Waals surface area contributed by atoms with Gasteiger partial charge in [0.25, 0.3) is 0 Å².